The van der Waals surface area contributed by atoms with Crippen LogP contribution in [0.4, 0.5) is 0 Å². The van der Waals surface area contributed by atoms with Gasteiger partial charge in [-0.3, -0.25) is 0 Å². The monoisotopic (exact) mass is 207 g/mol. The number of fused-ring (bicyclic) bond motifs is 1. The Balaban J connectivity index is 1.91. The second kappa shape index (κ2) is 3.93. The van der Waals surface area contributed by atoms with E-state index in [0.29, 0.717) is 0 Å². The maximum absolute atomic E-state index is 5.68. The molecule has 3 heterocycles. The van der Waals surface area contributed by atoms with Crippen molar-refractivity contribution in [2.24, 2.45) is 0 Å². The molecule has 1 aromatic heterocycles. The van der Waals surface area contributed by atoms with Crippen LogP contribution in [0.1, 0.15) is 49.9 Å². The van der Waals surface area contributed by atoms with Gasteiger partial charge in [-0.1, -0.05) is 6.42 Å². The van der Waals surface area contributed by atoms with Crippen molar-refractivity contribution >= 4 is 0 Å². The molecule has 0 N–H and O–H groups in total. The SMILES string of the molecule is C1CCc2nnc([C@@H]3CCCO3)n2CC1. The lowest BCUT2D eigenvalue weighted by Gasteiger charge is -2.11. The van der Waals surface area contributed by atoms with E-state index in [2.05, 4.69) is 14.8 Å². The number of hydrogen-bond donors (Lipinski definition) is 0. The molecule has 4 nitrogen and oxygen atoms in total. The van der Waals surface area contributed by atoms with Crippen LogP contribution in [0, 0.1) is 0 Å². The van der Waals surface area contributed by atoms with E-state index in [9.17, 15) is 0 Å². The van der Waals surface area contributed by atoms with Gasteiger partial charge in [-0.05, 0) is 25.7 Å². The first-order valence-electron chi connectivity index (χ1n) is 5.99. The highest BCUT2D eigenvalue weighted by atomic mass is 16.5. The third-order valence-electron chi connectivity index (χ3n) is 3.36. The van der Waals surface area contributed by atoms with E-state index < -0.39 is 0 Å². The fourth-order valence-corrected chi connectivity index (χ4v) is 2.53. The molecule has 0 aliphatic carbocycles. The Morgan fingerprint density at radius 1 is 1.13 bits per heavy atom. The minimum atomic E-state index is 0.212. The average Bonchev–Trinajstić information content (AvgIpc) is 2.83. The fourth-order valence-electron chi connectivity index (χ4n) is 2.53. The first-order valence-corrected chi connectivity index (χ1v) is 5.99. The highest BCUT2D eigenvalue weighted by molar-refractivity contribution is 5.02. The molecular weight excluding hydrogens is 190 g/mol. The van der Waals surface area contributed by atoms with E-state index in [-0.39, 0.29) is 6.10 Å². The number of hydrogen-bond acceptors (Lipinski definition) is 3. The van der Waals surface area contributed by atoms with Crippen LogP contribution in [0.2, 0.25) is 0 Å². The maximum atomic E-state index is 5.68. The van der Waals surface area contributed by atoms with Crippen LogP contribution in [0.3, 0.4) is 0 Å². The molecule has 3 rings (SSSR count). The molecule has 1 saturated heterocycles. The summed E-state index contributed by atoms with van der Waals surface area (Å²) >= 11 is 0. The van der Waals surface area contributed by atoms with Crippen molar-refractivity contribution < 1.29 is 4.74 Å². The van der Waals surface area contributed by atoms with Crippen molar-refractivity contribution in [1.82, 2.24) is 14.8 Å². The quantitative estimate of drug-likeness (QED) is 0.705. The van der Waals surface area contributed by atoms with E-state index >= 15 is 0 Å². The van der Waals surface area contributed by atoms with Crippen molar-refractivity contribution in [3.05, 3.63) is 11.6 Å². The molecular formula is C11H17N3O. The van der Waals surface area contributed by atoms with Crippen LogP contribution in [-0.4, -0.2) is 21.4 Å². The molecule has 0 unspecified atom stereocenters. The molecule has 1 fully saturated rings. The normalized spacial score (nSPS) is 26.3. The van der Waals surface area contributed by atoms with E-state index in [1.807, 2.05) is 0 Å². The van der Waals surface area contributed by atoms with E-state index in [1.54, 1.807) is 0 Å². The molecule has 4 heteroatoms. The maximum Gasteiger partial charge on any atom is 0.162 e. The second-order valence-corrected chi connectivity index (χ2v) is 4.44. The van der Waals surface area contributed by atoms with E-state index in [4.69, 9.17) is 4.74 Å². The van der Waals surface area contributed by atoms with Crippen molar-refractivity contribution in [3.8, 4) is 0 Å². The largest absolute Gasteiger partial charge is 0.370 e. The van der Waals surface area contributed by atoms with Crippen molar-refractivity contribution in [1.29, 1.82) is 0 Å². The van der Waals surface area contributed by atoms with E-state index in [1.165, 1.54) is 19.3 Å². The lowest BCUT2D eigenvalue weighted by molar-refractivity contribution is 0.101. The number of rotatable bonds is 1. The standard InChI is InChI=1S/C11H17N3O/c1-2-6-10-12-13-11(14(10)7-3-1)9-5-4-8-15-9/h9H,1-8H2/t9-/m0/s1. The molecule has 0 saturated carbocycles. The predicted molar refractivity (Wildman–Crippen MR) is 55.5 cm³/mol. The molecule has 0 radical (unpaired) electrons. The molecule has 0 spiro atoms. The third-order valence-corrected chi connectivity index (χ3v) is 3.36. The number of aryl methyl sites for hydroxylation is 1. The zero-order valence-corrected chi connectivity index (χ0v) is 8.98. The summed E-state index contributed by atoms with van der Waals surface area (Å²) in [5.74, 6) is 2.24. The minimum Gasteiger partial charge on any atom is -0.370 e. The molecule has 0 bridgehead atoms. The highest BCUT2D eigenvalue weighted by Gasteiger charge is 2.25. The Kier molecular flexibility index (Phi) is 2.44. The Morgan fingerprint density at radius 3 is 3.00 bits per heavy atom. The van der Waals surface area contributed by atoms with Crippen LogP contribution < -0.4 is 0 Å². The Labute approximate surface area is 89.6 Å². The summed E-state index contributed by atoms with van der Waals surface area (Å²) in [5, 5.41) is 8.60. The summed E-state index contributed by atoms with van der Waals surface area (Å²) in [6, 6.07) is 0. The second-order valence-electron chi connectivity index (χ2n) is 4.44. The van der Waals surface area contributed by atoms with Crippen molar-refractivity contribution in [2.75, 3.05) is 6.61 Å². The first-order chi connectivity index (χ1) is 7.45. The summed E-state index contributed by atoms with van der Waals surface area (Å²) in [6.07, 6.45) is 7.39. The summed E-state index contributed by atoms with van der Waals surface area (Å²) in [6.45, 7) is 1.96. The van der Waals surface area contributed by atoms with Crippen LogP contribution in [0.5, 0.6) is 0 Å². The van der Waals surface area contributed by atoms with Gasteiger partial charge >= 0.3 is 0 Å². The lowest BCUT2D eigenvalue weighted by Crippen LogP contribution is -2.10. The zero-order chi connectivity index (χ0) is 10.1. The number of ether oxygens (including phenoxy) is 1. The van der Waals surface area contributed by atoms with Gasteiger partial charge in [0.25, 0.3) is 0 Å². The smallest absolute Gasteiger partial charge is 0.162 e. The molecule has 0 amide bonds. The average molecular weight is 207 g/mol. The van der Waals surface area contributed by atoms with Gasteiger partial charge in [-0.15, -0.1) is 10.2 Å². The number of aromatic nitrogens is 3. The van der Waals surface area contributed by atoms with Gasteiger partial charge in [-0.25, -0.2) is 0 Å². The molecule has 0 aromatic carbocycles. The molecule has 1 atom stereocenters. The van der Waals surface area contributed by atoms with Gasteiger partial charge in [0.2, 0.25) is 0 Å². The third kappa shape index (κ3) is 1.67. The molecule has 2 aliphatic heterocycles. The van der Waals surface area contributed by atoms with Gasteiger partial charge < -0.3 is 9.30 Å². The van der Waals surface area contributed by atoms with Gasteiger partial charge in [0, 0.05) is 19.6 Å². The van der Waals surface area contributed by atoms with E-state index in [0.717, 1.165) is 44.1 Å². The zero-order valence-electron chi connectivity index (χ0n) is 8.98. The molecule has 2 aliphatic rings. The van der Waals surface area contributed by atoms with Crippen LogP contribution in [-0.2, 0) is 17.7 Å². The summed E-state index contributed by atoms with van der Waals surface area (Å²) < 4.78 is 7.98. The molecule has 15 heavy (non-hydrogen) atoms. The van der Waals surface area contributed by atoms with Crippen molar-refractivity contribution in [3.63, 3.8) is 0 Å². The summed E-state index contributed by atoms with van der Waals surface area (Å²) in [4.78, 5) is 0. The first kappa shape index (κ1) is 9.33. The number of nitrogens with zero attached hydrogens (tertiary/aromatic N) is 3. The lowest BCUT2D eigenvalue weighted by atomic mass is 10.2. The summed E-state index contributed by atoms with van der Waals surface area (Å²) in [5.41, 5.74) is 0. The van der Waals surface area contributed by atoms with Crippen LogP contribution in [0.15, 0.2) is 0 Å². The van der Waals surface area contributed by atoms with Gasteiger partial charge in [0.05, 0.1) is 0 Å². The van der Waals surface area contributed by atoms with Gasteiger partial charge in [-0.2, -0.15) is 0 Å². The van der Waals surface area contributed by atoms with Gasteiger partial charge in [0.15, 0.2) is 5.82 Å². The Morgan fingerprint density at radius 2 is 2.13 bits per heavy atom. The molecule has 1 aromatic rings. The van der Waals surface area contributed by atoms with Crippen LogP contribution >= 0.6 is 0 Å². The minimum absolute atomic E-state index is 0.212. The van der Waals surface area contributed by atoms with Gasteiger partial charge in [0.1, 0.15) is 11.9 Å². The molecule has 82 valence electrons. The summed E-state index contributed by atoms with van der Waals surface area (Å²) in [7, 11) is 0. The van der Waals surface area contributed by atoms with Crippen LogP contribution in [0.25, 0.3) is 0 Å². The fraction of sp³-hybridized carbons (Fsp3) is 0.818. The van der Waals surface area contributed by atoms with Crippen molar-refractivity contribution in [2.45, 2.75) is 51.2 Å². The predicted octanol–water partition coefficient (Wildman–Crippen LogP) is 1.86. The Hall–Kier alpha value is -0.900. The Bertz CT molecular complexity index is 342. The highest BCUT2D eigenvalue weighted by Crippen LogP contribution is 2.28. The topological polar surface area (TPSA) is 39.9 Å².